The highest BCUT2D eigenvalue weighted by atomic mass is 14.9. The lowest BCUT2D eigenvalue weighted by Gasteiger charge is -2.13. The SMILES string of the molecule is CCCCCCCCCCNC(C)c1ccncc1. The quantitative estimate of drug-likeness (QED) is 0.575. The molecule has 0 amide bonds. The van der Waals surface area contributed by atoms with Crippen LogP contribution in [-0.4, -0.2) is 11.5 Å². The van der Waals surface area contributed by atoms with Gasteiger partial charge >= 0.3 is 0 Å². The number of pyridine rings is 1. The number of nitrogens with zero attached hydrogens (tertiary/aromatic N) is 1. The Morgan fingerprint density at radius 2 is 1.53 bits per heavy atom. The monoisotopic (exact) mass is 262 g/mol. The van der Waals surface area contributed by atoms with Gasteiger partial charge in [-0.2, -0.15) is 0 Å². The van der Waals surface area contributed by atoms with Gasteiger partial charge in [0, 0.05) is 18.4 Å². The van der Waals surface area contributed by atoms with E-state index in [1.54, 1.807) is 0 Å². The van der Waals surface area contributed by atoms with E-state index in [0.29, 0.717) is 6.04 Å². The predicted octanol–water partition coefficient (Wildman–Crippen LogP) is 4.87. The lowest BCUT2D eigenvalue weighted by molar-refractivity contribution is 0.521. The molecule has 0 aliphatic rings. The summed E-state index contributed by atoms with van der Waals surface area (Å²) in [6, 6.07) is 4.61. The van der Waals surface area contributed by atoms with Gasteiger partial charge in [0.25, 0.3) is 0 Å². The van der Waals surface area contributed by atoms with Crippen LogP contribution >= 0.6 is 0 Å². The van der Waals surface area contributed by atoms with Crippen LogP contribution in [0.1, 0.15) is 76.8 Å². The lowest BCUT2D eigenvalue weighted by atomic mass is 10.1. The molecule has 1 aromatic heterocycles. The summed E-state index contributed by atoms with van der Waals surface area (Å²) in [4.78, 5) is 4.05. The van der Waals surface area contributed by atoms with E-state index in [1.165, 1.54) is 56.9 Å². The predicted molar refractivity (Wildman–Crippen MR) is 83.3 cm³/mol. The molecule has 0 aliphatic carbocycles. The van der Waals surface area contributed by atoms with Crippen molar-refractivity contribution in [2.75, 3.05) is 6.54 Å². The first-order chi connectivity index (χ1) is 9.34. The molecule has 1 unspecified atom stereocenters. The van der Waals surface area contributed by atoms with Crippen LogP contribution < -0.4 is 5.32 Å². The first-order valence-electron chi connectivity index (χ1n) is 7.98. The van der Waals surface area contributed by atoms with Crippen molar-refractivity contribution in [3.8, 4) is 0 Å². The molecule has 108 valence electrons. The van der Waals surface area contributed by atoms with Gasteiger partial charge in [-0.25, -0.2) is 0 Å². The Balaban J connectivity index is 1.93. The van der Waals surface area contributed by atoms with E-state index in [1.807, 2.05) is 12.4 Å². The number of rotatable bonds is 11. The summed E-state index contributed by atoms with van der Waals surface area (Å²) < 4.78 is 0. The van der Waals surface area contributed by atoms with Crippen LogP contribution in [0, 0.1) is 0 Å². The third-order valence-corrected chi connectivity index (χ3v) is 3.69. The highest BCUT2D eigenvalue weighted by molar-refractivity contribution is 5.13. The Bertz CT molecular complexity index is 297. The fourth-order valence-electron chi connectivity index (χ4n) is 2.35. The van der Waals surface area contributed by atoms with Gasteiger partial charge in [0.2, 0.25) is 0 Å². The molecular weight excluding hydrogens is 232 g/mol. The molecule has 1 aromatic rings. The highest BCUT2D eigenvalue weighted by Gasteiger charge is 2.02. The second-order valence-corrected chi connectivity index (χ2v) is 5.43. The zero-order valence-electron chi connectivity index (χ0n) is 12.7. The first-order valence-corrected chi connectivity index (χ1v) is 7.98. The minimum Gasteiger partial charge on any atom is -0.310 e. The molecular formula is C17H30N2. The zero-order valence-corrected chi connectivity index (χ0v) is 12.7. The first kappa shape index (κ1) is 16.2. The van der Waals surface area contributed by atoms with E-state index in [2.05, 4.69) is 36.3 Å². The van der Waals surface area contributed by atoms with Gasteiger partial charge in [-0.1, -0.05) is 51.9 Å². The van der Waals surface area contributed by atoms with Gasteiger partial charge in [0.1, 0.15) is 0 Å². The molecule has 2 heteroatoms. The third kappa shape index (κ3) is 7.99. The molecule has 1 N–H and O–H groups in total. The van der Waals surface area contributed by atoms with Crippen LogP contribution in [-0.2, 0) is 0 Å². The molecule has 1 heterocycles. The Hall–Kier alpha value is -0.890. The molecule has 0 radical (unpaired) electrons. The maximum Gasteiger partial charge on any atom is 0.0292 e. The van der Waals surface area contributed by atoms with Crippen molar-refractivity contribution in [3.05, 3.63) is 30.1 Å². The van der Waals surface area contributed by atoms with Gasteiger partial charge in [0.15, 0.2) is 0 Å². The van der Waals surface area contributed by atoms with Crippen LogP contribution in [0.5, 0.6) is 0 Å². The lowest BCUT2D eigenvalue weighted by Crippen LogP contribution is -2.19. The third-order valence-electron chi connectivity index (χ3n) is 3.69. The fourth-order valence-corrected chi connectivity index (χ4v) is 2.35. The molecule has 0 saturated carbocycles. The maximum atomic E-state index is 4.05. The van der Waals surface area contributed by atoms with Gasteiger partial charge in [0.05, 0.1) is 0 Å². The standard InChI is InChI=1S/C17H30N2/c1-3-4-5-6-7-8-9-10-13-19-16(2)17-11-14-18-15-12-17/h11-12,14-16,19H,3-10,13H2,1-2H3. The molecule has 0 saturated heterocycles. The second-order valence-electron chi connectivity index (χ2n) is 5.43. The largest absolute Gasteiger partial charge is 0.310 e. The molecule has 1 atom stereocenters. The molecule has 0 fully saturated rings. The number of hydrogen-bond donors (Lipinski definition) is 1. The minimum absolute atomic E-state index is 0.438. The molecule has 0 aromatic carbocycles. The Morgan fingerprint density at radius 1 is 0.947 bits per heavy atom. The average molecular weight is 262 g/mol. The van der Waals surface area contributed by atoms with E-state index < -0.39 is 0 Å². The van der Waals surface area contributed by atoms with Crippen LogP contribution in [0.25, 0.3) is 0 Å². The summed E-state index contributed by atoms with van der Waals surface area (Å²) in [6.45, 7) is 5.62. The average Bonchev–Trinajstić information content (AvgIpc) is 2.46. The Morgan fingerprint density at radius 3 is 2.16 bits per heavy atom. The molecule has 0 bridgehead atoms. The number of nitrogens with one attached hydrogen (secondary N) is 1. The van der Waals surface area contributed by atoms with Crippen LogP contribution in [0.15, 0.2) is 24.5 Å². The topological polar surface area (TPSA) is 24.9 Å². The highest BCUT2D eigenvalue weighted by Crippen LogP contribution is 2.11. The Labute approximate surface area is 119 Å². The van der Waals surface area contributed by atoms with Crippen molar-refractivity contribution in [1.29, 1.82) is 0 Å². The van der Waals surface area contributed by atoms with Gasteiger partial charge in [-0.15, -0.1) is 0 Å². The number of aromatic nitrogens is 1. The van der Waals surface area contributed by atoms with E-state index in [9.17, 15) is 0 Å². The van der Waals surface area contributed by atoms with E-state index in [4.69, 9.17) is 0 Å². The molecule has 0 aliphatic heterocycles. The molecule has 19 heavy (non-hydrogen) atoms. The van der Waals surface area contributed by atoms with E-state index in [0.717, 1.165) is 6.54 Å². The summed E-state index contributed by atoms with van der Waals surface area (Å²) in [7, 11) is 0. The second kappa shape index (κ2) is 11.0. The zero-order chi connectivity index (χ0) is 13.8. The van der Waals surface area contributed by atoms with Crippen molar-refractivity contribution >= 4 is 0 Å². The van der Waals surface area contributed by atoms with E-state index >= 15 is 0 Å². The van der Waals surface area contributed by atoms with Crippen LogP contribution in [0.3, 0.4) is 0 Å². The van der Waals surface area contributed by atoms with Crippen molar-refractivity contribution < 1.29 is 0 Å². The molecule has 2 nitrogen and oxygen atoms in total. The maximum absolute atomic E-state index is 4.05. The van der Waals surface area contributed by atoms with Gasteiger partial charge < -0.3 is 5.32 Å². The summed E-state index contributed by atoms with van der Waals surface area (Å²) >= 11 is 0. The summed E-state index contributed by atoms with van der Waals surface area (Å²) in [5, 5.41) is 3.58. The van der Waals surface area contributed by atoms with Crippen LogP contribution in [0.4, 0.5) is 0 Å². The van der Waals surface area contributed by atoms with Crippen molar-refractivity contribution in [2.45, 2.75) is 71.3 Å². The van der Waals surface area contributed by atoms with Crippen molar-refractivity contribution in [2.24, 2.45) is 0 Å². The summed E-state index contributed by atoms with van der Waals surface area (Å²) in [6.07, 6.45) is 14.8. The van der Waals surface area contributed by atoms with Gasteiger partial charge in [-0.3, -0.25) is 4.98 Å². The minimum atomic E-state index is 0.438. The van der Waals surface area contributed by atoms with Crippen molar-refractivity contribution in [1.82, 2.24) is 10.3 Å². The summed E-state index contributed by atoms with van der Waals surface area (Å²) in [5.74, 6) is 0. The smallest absolute Gasteiger partial charge is 0.0292 e. The van der Waals surface area contributed by atoms with Crippen molar-refractivity contribution in [3.63, 3.8) is 0 Å². The molecule has 1 rings (SSSR count). The number of unbranched alkanes of at least 4 members (excludes halogenated alkanes) is 7. The van der Waals surface area contributed by atoms with E-state index in [-0.39, 0.29) is 0 Å². The molecule has 0 spiro atoms. The summed E-state index contributed by atoms with van der Waals surface area (Å²) in [5.41, 5.74) is 1.33. The number of hydrogen-bond acceptors (Lipinski definition) is 2. The fraction of sp³-hybridized carbons (Fsp3) is 0.706. The van der Waals surface area contributed by atoms with Crippen LogP contribution in [0.2, 0.25) is 0 Å². The van der Waals surface area contributed by atoms with Gasteiger partial charge in [-0.05, 0) is 37.6 Å². The Kier molecular flexibility index (Phi) is 9.34. The normalized spacial score (nSPS) is 12.5.